The van der Waals surface area contributed by atoms with E-state index in [-0.39, 0.29) is 16.2 Å². The molecular weight excluding hydrogens is 340 g/mol. The largest absolute Gasteiger partial charge is 0.481 e. The molecule has 0 amide bonds. The molecule has 0 aromatic heterocycles. The lowest BCUT2D eigenvalue weighted by Gasteiger charge is -2.59. The van der Waals surface area contributed by atoms with Gasteiger partial charge in [0.15, 0.2) is 0 Å². The summed E-state index contributed by atoms with van der Waals surface area (Å²) < 4.78 is 5.42. The standard InChI is InChI=1S/C23H34O4/c1-5-21(2)12-9-17-16(14-21)7-8-18-22(3,10-6-11-23(17,18)4)15-27-20(26)13-19(24)25/h5,9,16,18H,1,6-8,10-15H2,2-4H3,(H,24,25)/t16-,18+,21-,22+,23+/m1/s1. The predicted octanol–water partition coefficient (Wildman–Crippen LogP) is 5.14. The van der Waals surface area contributed by atoms with Gasteiger partial charge in [-0.05, 0) is 61.2 Å². The number of hydrogen-bond acceptors (Lipinski definition) is 3. The molecule has 0 aromatic rings. The van der Waals surface area contributed by atoms with E-state index in [1.807, 2.05) is 0 Å². The van der Waals surface area contributed by atoms with Crippen molar-refractivity contribution in [2.45, 2.75) is 72.1 Å². The van der Waals surface area contributed by atoms with E-state index < -0.39 is 18.4 Å². The average Bonchev–Trinajstić information content (AvgIpc) is 2.59. The van der Waals surface area contributed by atoms with Gasteiger partial charge in [0.2, 0.25) is 0 Å². The smallest absolute Gasteiger partial charge is 0.317 e. The van der Waals surface area contributed by atoms with E-state index in [4.69, 9.17) is 9.84 Å². The number of aliphatic carboxylic acids is 1. The topological polar surface area (TPSA) is 63.6 Å². The van der Waals surface area contributed by atoms with E-state index in [9.17, 15) is 9.59 Å². The van der Waals surface area contributed by atoms with Gasteiger partial charge in [-0.2, -0.15) is 0 Å². The van der Waals surface area contributed by atoms with Crippen LogP contribution in [0.4, 0.5) is 0 Å². The third kappa shape index (κ3) is 3.72. The first-order valence-corrected chi connectivity index (χ1v) is 10.3. The van der Waals surface area contributed by atoms with Gasteiger partial charge in [-0.3, -0.25) is 9.59 Å². The maximum Gasteiger partial charge on any atom is 0.317 e. The third-order valence-electron chi connectivity index (χ3n) is 7.81. The molecule has 3 aliphatic rings. The Balaban J connectivity index is 1.80. The van der Waals surface area contributed by atoms with Crippen LogP contribution < -0.4 is 0 Å². The van der Waals surface area contributed by atoms with Gasteiger partial charge < -0.3 is 9.84 Å². The fourth-order valence-corrected chi connectivity index (χ4v) is 6.34. The van der Waals surface area contributed by atoms with Crippen LogP contribution >= 0.6 is 0 Å². The Hall–Kier alpha value is -1.58. The van der Waals surface area contributed by atoms with Crippen molar-refractivity contribution < 1.29 is 19.4 Å². The van der Waals surface area contributed by atoms with Crippen molar-refractivity contribution in [2.75, 3.05) is 6.61 Å². The summed E-state index contributed by atoms with van der Waals surface area (Å²) in [6, 6.07) is 0. The number of rotatable bonds is 5. The Kier molecular flexibility index (Phi) is 5.31. The van der Waals surface area contributed by atoms with Gasteiger partial charge in [-0.25, -0.2) is 0 Å². The molecule has 3 aliphatic carbocycles. The van der Waals surface area contributed by atoms with E-state index in [1.165, 1.54) is 19.3 Å². The van der Waals surface area contributed by atoms with E-state index in [1.54, 1.807) is 5.57 Å². The lowest BCUT2D eigenvalue weighted by molar-refractivity contribution is -0.157. The Morgan fingerprint density at radius 2 is 2.04 bits per heavy atom. The highest BCUT2D eigenvalue weighted by Gasteiger charge is 2.55. The Bertz CT molecular complexity index is 665. The number of ether oxygens (including phenoxy) is 1. The fraction of sp³-hybridized carbons (Fsp3) is 0.739. The maximum atomic E-state index is 11.8. The number of carboxylic acids is 1. The second-order valence-corrected chi connectivity index (χ2v) is 9.91. The van der Waals surface area contributed by atoms with Crippen molar-refractivity contribution in [2.24, 2.45) is 28.1 Å². The van der Waals surface area contributed by atoms with Crippen molar-refractivity contribution in [3.8, 4) is 0 Å². The molecule has 150 valence electrons. The normalized spacial score (nSPS) is 40.9. The van der Waals surface area contributed by atoms with Crippen LogP contribution in [0, 0.1) is 28.1 Å². The number of carbonyl (C=O) groups is 2. The molecule has 0 unspecified atom stereocenters. The Morgan fingerprint density at radius 3 is 2.70 bits per heavy atom. The van der Waals surface area contributed by atoms with Gasteiger partial charge in [0.1, 0.15) is 6.42 Å². The molecule has 5 atom stereocenters. The van der Waals surface area contributed by atoms with Crippen LogP contribution in [-0.4, -0.2) is 23.7 Å². The summed E-state index contributed by atoms with van der Waals surface area (Å²) in [7, 11) is 0. The minimum Gasteiger partial charge on any atom is -0.481 e. The summed E-state index contributed by atoms with van der Waals surface area (Å²) in [5, 5.41) is 8.79. The molecule has 0 bridgehead atoms. The van der Waals surface area contributed by atoms with Crippen LogP contribution in [0.25, 0.3) is 0 Å². The zero-order valence-electron chi connectivity index (χ0n) is 17.1. The van der Waals surface area contributed by atoms with Gasteiger partial charge in [0.25, 0.3) is 0 Å². The lowest BCUT2D eigenvalue weighted by Crippen LogP contribution is -2.51. The molecule has 0 aliphatic heterocycles. The predicted molar refractivity (Wildman–Crippen MR) is 105 cm³/mol. The second kappa shape index (κ2) is 7.10. The van der Waals surface area contributed by atoms with Gasteiger partial charge >= 0.3 is 11.9 Å². The Labute approximate surface area is 163 Å². The Morgan fingerprint density at radius 1 is 1.30 bits per heavy atom. The highest BCUT2D eigenvalue weighted by Crippen LogP contribution is 2.63. The van der Waals surface area contributed by atoms with E-state index in [0.717, 1.165) is 25.7 Å². The highest BCUT2D eigenvalue weighted by atomic mass is 16.5. The number of esters is 1. The molecule has 0 radical (unpaired) electrons. The molecule has 2 saturated carbocycles. The fourth-order valence-electron chi connectivity index (χ4n) is 6.34. The quantitative estimate of drug-likeness (QED) is 0.411. The number of carboxylic acid groups (broad SMARTS) is 1. The summed E-state index contributed by atoms with van der Waals surface area (Å²) in [5.41, 5.74) is 1.92. The monoisotopic (exact) mass is 374 g/mol. The number of fused-ring (bicyclic) bond motifs is 3. The van der Waals surface area contributed by atoms with Crippen molar-refractivity contribution in [3.63, 3.8) is 0 Å². The van der Waals surface area contributed by atoms with Crippen molar-refractivity contribution in [1.29, 1.82) is 0 Å². The number of carbonyl (C=O) groups excluding carboxylic acids is 1. The molecule has 27 heavy (non-hydrogen) atoms. The molecule has 4 nitrogen and oxygen atoms in total. The van der Waals surface area contributed by atoms with E-state index in [2.05, 4.69) is 39.5 Å². The first kappa shape index (κ1) is 20.2. The molecule has 1 N–H and O–H groups in total. The van der Waals surface area contributed by atoms with Crippen molar-refractivity contribution >= 4 is 11.9 Å². The molecule has 2 fully saturated rings. The molecule has 0 heterocycles. The summed E-state index contributed by atoms with van der Waals surface area (Å²) in [4.78, 5) is 22.5. The summed E-state index contributed by atoms with van der Waals surface area (Å²) >= 11 is 0. The van der Waals surface area contributed by atoms with Crippen LogP contribution in [0.3, 0.4) is 0 Å². The zero-order valence-corrected chi connectivity index (χ0v) is 17.1. The molecular formula is C23H34O4. The summed E-state index contributed by atoms with van der Waals surface area (Å²) in [5.74, 6) is -0.632. The van der Waals surface area contributed by atoms with Crippen LogP contribution in [0.2, 0.25) is 0 Å². The molecule has 0 aromatic carbocycles. The third-order valence-corrected chi connectivity index (χ3v) is 7.81. The van der Waals surface area contributed by atoms with Crippen molar-refractivity contribution in [3.05, 3.63) is 24.3 Å². The van der Waals surface area contributed by atoms with Gasteiger partial charge in [0, 0.05) is 5.41 Å². The first-order chi connectivity index (χ1) is 12.6. The number of allylic oxidation sites excluding steroid dienone is 3. The van der Waals surface area contributed by atoms with Gasteiger partial charge in [-0.1, -0.05) is 44.9 Å². The minimum absolute atomic E-state index is 0.0772. The van der Waals surface area contributed by atoms with Crippen LogP contribution in [0.1, 0.15) is 72.1 Å². The van der Waals surface area contributed by atoms with Gasteiger partial charge in [0.05, 0.1) is 6.61 Å². The highest BCUT2D eigenvalue weighted by molar-refractivity contribution is 5.90. The SMILES string of the molecule is C=C[C@]1(C)CC=C2[C@H](CC[C@H]3[C@](C)(COC(=O)CC(=O)O)CCC[C@@]23C)C1. The van der Waals surface area contributed by atoms with Crippen LogP contribution in [0.15, 0.2) is 24.3 Å². The maximum absolute atomic E-state index is 11.8. The van der Waals surface area contributed by atoms with E-state index >= 15 is 0 Å². The van der Waals surface area contributed by atoms with Crippen LogP contribution in [0.5, 0.6) is 0 Å². The van der Waals surface area contributed by atoms with Gasteiger partial charge in [-0.15, -0.1) is 6.58 Å². The molecule has 3 rings (SSSR count). The molecule has 4 heteroatoms. The number of hydrogen-bond donors (Lipinski definition) is 1. The van der Waals surface area contributed by atoms with Crippen molar-refractivity contribution in [1.82, 2.24) is 0 Å². The minimum atomic E-state index is -1.13. The van der Waals surface area contributed by atoms with Crippen LogP contribution in [-0.2, 0) is 14.3 Å². The first-order valence-electron chi connectivity index (χ1n) is 10.3. The zero-order chi connectivity index (χ0) is 19.9. The van der Waals surface area contributed by atoms with E-state index in [0.29, 0.717) is 18.4 Å². The lowest BCUT2D eigenvalue weighted by atomic mass is 9.46. The second-order valence-electron chi connectivity index (χ2n) is 9.91. The summed E-state index contributed by atoms with van der Waals surface area (Å²) in [6.45, 7) is 11.4. The average molecular weight is 375 g/mol. The molecule has 0 spiro atoms. The molecule has 0 saturated heterocycles. The summed E-state index contributed by atoms with van der Waals surface area (Å²) in [6.07, 6.45) is 12.0.